The molecule has 1 aliphatic heterocycles. The van der Waals surface area contributed by atoms with E-state index in [1.807, 2.05) is 0 Å². The Hall–Kier alpha value is -3.29. The lowest BCUT2D eigenvalue weighted by atomic mass is 10.1. The van der Waals surface area contributed by atoms with Gasteiger partial charge in [0, 0.05) is 30.6 Å². The number of aromatic carboxylic acids is 1. The molecule has 0 saturated carbocycles. The van der Waals surface area contributed by atoms with Crippen molar-refractivity contribution in [1.82, 2.24) is 19.3 Å². The molecular formula is C16H13N5O3. The van der Waals surface area contributed by atoms with E-state index in [4.69, 9.17) is 5.11 Å². The maximum absolute atomic E-state index is 12.0. The van der Waals surface area contributed by atoms with Crippen LogP contribution >= 0.6 is 0 Å². The van der Waals surface area contributed by atoms with Crippen molar-refractivity contribution in [3.8, 4) is 0 Å². The van der Waals surface area contributed by atoms with Crippen molar-refractivity contribution in [3.05, 3.63) is 52.1 Å². The zero-order valence-electron chi connectivity index (χ0n) is 12.6. The molecule has 8 heteroatoms. The van der Waals surface area contributed by atoms with Crippen LogP contribution in [0.15, 0.2) is 40.2 Å². The number of fused-ring (bicyclic) bond motifs is 2. The van der Waals surface area contributed by atoms with Gasteiger partial charge in [0.05, 0.1) is 29.5 Å². The second-order valence-corrected chi connectivity index (χ2v) is 5.50. The molecule has 0 radical (unpaired) electrons. The second kappa shape index (κ2) is 5.41. The summed E-state index contributed by atoms with van der Waals surface area (Å²) < 4.78 is 3.29. The minimum absolute atomic E-state index is 0.107. The molecule has 0 spiro atoms. The zero-order valence-corrected chi connectivity index (χ0v) is 12.6. The van der Waals surface area contributed by atoms with Gasteiger partial charge >= 0.3 is 5.97 Å². The van der Waals surface area contributed by atoms with Crippen molar-refractivity contribution in [2.24, 2.45) is 4.99 Å². The van der Waals surface area contributed by atoms with Crippen molar-refractivity contribution in [3.63, 3.8) is 0 Å². The summed E-state index contributed by atoms with van der Waals surface area (Å²) in [6.45, 7) is 1.01. The van der Waals surface area contributed by atoms with E-state index in [1.165, 1.54) is 10.6 Å². The molecule has 0 bridgehead atoms. The lowest BCUT2D eigenvalue weighted by molar-refractivity contribution is 0.0697. The fourth-order valence-electron chi connectivity index (χ4n) is 2.76. The van der Waals surface area contributed by atoms with Crippen LogP contribution in [0.2, 0.25) is 0 Å². The first kappa shape index (κ1) is 14.3. The molecule has 3 aromatic rings. The molecule has 2 aromatic heterocycles. The van der Waals surface area contributed by atoms with Gasteiger partial charge in [-0.1, -0.05) is 0 Å². The maximum Gasteiger partial charge on any atom is 0.335 e. The summed E-state index contributed by atoms with van der Waals surface area (Å²) >= 11 is 0. The Morgan fingerprint density at radius 1 is 1.29 bits per heavy atom. The smallest absolute Gasteiger partial charge is 0.335 e. The molecule has 120 valence electrons. The highest BCUT2D eigenvalue weighted by Crippen LogP contribution is 2.17. The van der Waals surface area contributed by atoms with Gasteiger partial charge in [-0.3, -0.25) is 14.0 Å². The Bertz CT molecular complexity index is 1050. The van der Waals surface area contributed by atoms with Crippen molar-refractivity contribution >= 4 is 29.0 Å². The summed E-state index contributed by atoms with van der Waals surface area (Å²) in [5.41, 5.74) is 1.63. The average molecular weight is 323 g/mol. The highest BCUT2D eigenvalue weighted by molar-refractivity contribution is 5.93. The summed E-state index contributed by atoms with van der Waals surface area (Å²) in [6.07, 6.45) is 3.84. The topological polar surface area (TPSA) is 102 Å². The minimum atomic E-state index is -0.965. The SMILES string of the molecule is O=C(O)c1ccc2c(cnn2CCc2cc(=O)n3c(n2)N=CC3)c1. The number of nitrogens with zero attached hydrogens (tertiary/aromatic N) is 5. The fraction of sp³-hybridized carbons (Fsp3) is 0.188. The van der Waals surface area contributed by atoms with Crippen LogP contribution in [0.4, 0.5) is 5.95 Å². The van der Waals surface area contributed by atoms with Gasteiger partial charge in [-0.15, -0.1) is 0 Å². The van der Waals surface area contributed by atoms with Gasteiger partial charge < -0.3 is 5.11 Å². The predicted molar refractivity (Wildman–Crippen MR) is 87.0 cm³/mol. The zero-order chi connectivity index (χ0) is 16.7. The normalized spacial score (nSPS) is 12.7. The van der Waals surface area contributed by atoms with E-state index in [9.17, 15) is 9.59 Å². The first-order valence-electron chi connectivity index (χ1n) is 7.44. The van der Waals surface area contributed by atoms with Crippen LogP contribution in [-0.4, -0.2) is 36.6 Å². The number of carboxylic acids is 1. The number of rotatable bonds is 4. The van der Waals surface area contributed by atoms with E-state index in [0.717, 1.165) is 10.9 Å². The molecule has 4 rings (SSSR count). The van der Waals surface area contributed by atoms with E-state index in [2.05, 4.69) is 15.1 Å². The third-order valence-electron chi connectivity index (χ3n) is 3.98. The van der Waals surface area contributed by atoms with Gasteiger partial charge in [0.2, 0.25) is 5.95 Å². The van der Waals surface area contributed by atoms with Crippen molar-refractivity contribution in [2.75, 3.05) is 0 Å². The summed E-state index contributed by atoms with van der Waals surface area (Å²) in [6, 6.07) is 6.40. The van der Waals surface area contributed by atoms with Gasteiger partial charge in [-0.2, -0.15) is 5.10 Å². The molecule has 24 heavy (non-hydrogen) atoms. The lowest BCUT2D eigenvalue weighted by Gasteiger charge is -2.06. The Kier molecular flexibility index (Phi) is 3.23. The van der Waals surface area contributed by atoms with Crippen LogP contribution in [0.25, 0.3) is 10.9 Å². The highest BCUT2D eigenvalue weighted by Gasteiger charge is 2.12. The molecule has 1 aromatic carbocycles. The summed E-state index contributed by atoms with van der Waals surface area (Å²) in [5.74, 6) is -0.526. The Labute approximate surface area is 135 Å². The first-order valence-corrected chi connectivity index (χ1v) is 7.44. The number of hydrogen-bond acceptors (Lipinski definition) is 5. The second-order valence-electron chi connectivity index (χ2n) is 5.50. The third kappa shape index (κ3) is 2.37. The van der Waals surface area contributed by atoms with Gasteiger partial charge in [0.25, 0.3) is 5.56 Å². The quantitative estimate of drug-likeness (QED) is 0.778. The molecule has 1 aliphatic rings. The first-order chi connectivity index (χ1) is 11.6. The number of hydrogen-bond donors (Lipinski definition) is 1. The van der Waals surface area contributed by atoms with E-state index >= 15 is 0 Å². The standard InChI is InChI=1S/C16H13N5O3/c22-14-8-12(19-16-17-4-6-20(14)16)3-5-21-13-2-1-10(15(23)24)7-11(13)9-18-21/h1-2,4,7-9H,3,5-6H2,(H,23,24). The molecule has 1 N–H and O–H groups in total. The average Bonchev–Trinajstić information content (AvgIpc) is 3.19. The lowest BCUT2D eigenvalue weighted by Crippen LogP contribution is -2.20. The summed E-state index contributed by atoms with van der Waals surface area (Å²) in [7, 11) is 0. The molecule has 0 amide bonds. The van der Waals surface area contributed by atoms with Crippen LogP contribution in [0.3, 0.4) is 0 Å². The molecule has 0 fully saturated rings. The van der Waals surface area contributed by atoms with Crippen LogP contribution in [0, 0.1) is 0 Å². The van der Waals surface area contributed by atoms with E-state index in [0.29, 0.717) is 31.2 Å². The number of carboxylic acid groups (broad SMARTS) is 1. The van der Waals surface area contributed by atoms with Gasteiger partial charge in [-0.05, 0) is 18.2 Å². The van der Waals surface area contributed by atoms with Crippen LogP contribution in [0.1, 0.15) is 16.1 Å². The third-order valence-corrected chi connectivity index (χ3v) is 3.98. The number of aliphatic imine (C=N–C) groups is 1. The molecule has 8 nitrogen and oxygen atoms in total. The van der Waals surface area contributed by atoms with Crippen LogP contribution in [0.5, 0.6) is 0 Å². The molecular weight excluding hydrogens is 310 g/mol. The van der Waals surface area contributed by atoms with Gasteiger partial charge in [0.15, 0.2) is 0 Å². The number of aryl methyl sites for hydroxylation is 2. The fourth-order valence-corrected chi connectivity index (χ4v) is 2.76. The van der Waals surface area contributed by atoms with E-state index in [1.54, 1.807) is 35.3 Å². The van der Waals surface area contributed by atoms with Gasteiger partial charge in [0.1, 0.15) is 0 Å². The van der Waals surface area contributed by atoms with Crippen LogP contribution < -0.4 is 5.56 Å². The number of carbonyl (C=O) groups is 1. The molecule has 0 atom stereocenters. The molecule has 0 saturated heterocycles. The van der Waals surface area contributed by atoms with Crippen molar-refractivity contribution in [2.45, 2.75) is 19.5 Å². The highest BCUT2D eigenvalue weighted by atomic mass is 16.4. The molecule has 3 heterocycles. The Morgan fingerprint density at radius 3 is 3.00 bits per heavy atom. The summed E-state index contributed by atoms with van der Waals surface area (Å²) in [5, 5.41) is 14.1. The van der Waals surface area contributed by atoms with Gasteiger partial charge in [-0.25, -0.2) is 14.8 Å². The molecule has 0 aliphatic carbocycles. The van der Waals surface area contributed by atoms with E-state index < -0.39 is 5.97 Å². The van der Waals surface area contributed by atoms with Crippen LogP contribution in [-0.2, 0) is 19.5 Å². The largest absolute Gasteiger partial charge is 0.478 e. The number of aromatic nitrogens is 4. The monoisotopic (exact) mass is 323 g/mol. The minimum Gasteiger partial charge on any atom is -0.478 e. The predicted octanol–water partition coefficient (Wildman–Crippen LogP) is 1.25. The molecule has 0 unspecified atom stereocenters. The Morgan fingerprint density at radius 2 is 2.17 bits per heavy atom. The van der Waals surface area contributed by atoms with E-state index in [-0.39, 0.29) is 11.1 Å². The van der Waals surface area contributed by atoms with Crippen molar-refractivity contribution < 1.29 is 9.90 Å². The summed E-state index contributed by atoms with van der Waals surface area (Å²) in [4.78, 5) is 31.4. The Balaban J connectivity index is 1.59. The van der Waals surface area contributed by atoms with Crippen molar-refractivity contribution in [1.29, 1.82) is 0 Å². The maximum atomic E-state index is 12.0. The number of benzene rings is 1.